The van der Waals surface area contributed by atoms with E-state index in [1.165, 1.54) is 16.7 Å². The summed E-state index contributed by atoms with van der Waals surface area (Å²) in [6, 6.07) is 0.289. The normalized spacial score (nSPS) is 12.8. The number of aromatic nitrogens is 2. The number of hydrogen-bond donors (Lipinski definition) is 1. The van der Waals surface area contributed by atoms with E-state index in [0.29, 0.717) is 0 Å². The number of rotatable bonds is 7. The Balaban J connectivity index is 2.25. The Hall–Kier alpha value is -1.55. The third-order valence-corrected chi connectivity index (χ3v) is 4.06. The Morgan fingerprint density at radius 1 is 1.24 bits per heavy atom. The highest BCUT2D eigenvalue weighted by molar-refractivity contribution is 5.35. The van der Waals surface area contributed by atoms with Crippen molar-refractivity contribution in [3.8, 4) is 0 Å². The molecular weight excluding hydrogens is 262 g/mol. The maximum absolute atomic E-state index is 5.81. The van der Waals surface area contributed by atoms with Gasteiger partial charge in [-0.1, -0.05) is 6.92 Å². The summed E-state index contributed by atoms with van der Waals surface area (Å²) in [7, 11) is 0. The summed E-state index contributed by atoms with van der Waals surface area (Å²) in [5.41, 5.74) is 3.84. The van der Waals surface area contributed by atoms with Crippen LogP contribution < -0.4 is 5.32 Å². The first-order valence-corrected chi connectivity index (χ1v) is 7.88. The molecule has 2 aromatic rings. The quantitative estimate of drug-likeness (QED) is 0.845. The van der Waals surface area contributed by atoms with Gasteiger partial charge in [-0.25, -0.2) is 0 Å². The molecule has 4 heteroatoms. The molecule has 4 nitrogen and oxygen atoms in total. The highest BCUT2D eigenvalue weighted by Crippen LogP contribution is 2.29. The lowest BCUT2D eigenvalue weighted by atomic mass is 9.97. The largest absolute Gasteiger partial charge is 0.466 e. The molecular formula is C17H27N3O. The number of nitrogens with one attached hydrogen (secondary N) is 1. The molecule has 116 valence electrons. The van der Waals surface area contributed by atoms with Crippen LogP contribution >= 0.6 is 0 Å². The molecule has 0 fully saturated rings. The summed E-state index contributed by atoms with van der Waals surface area (Å²) in [5, 5.41) is 8.04. The van der Waals surface area contributed by atoms with Crippen molar-refractivity contribution in [1.29, 1.82) is 0 Å². The lowest BCUT2D eigenvalue weighted by Gasteiger charge is -2.18. The molecule has 0 spiro atoms. The summed E-state index contributed by atoms with van der Waals surface area (Å²) in [6.07, 6.45) is 6.18. The van der Waals surface area contributed by atoms with Gasteiger partial charge in [0.15, 0.2) is 0 Å². The zero-order valence-corrected chi connectivity index (χ0v) is 13.9. The second kappa shape index (κ2) is 6.94. The van der Waals surface area contributed by atoms with E-state index < -0.39 is 0 Å². The van der Waals surface area contributed by atoms with Crippen LogP contribution in [0.15, 0.2) is 16.8 Å². The second-order valence-corrected chi connectivity index (χ2v) is 5.67. The Bertz CT molecular complexity index is 583. The molecule has 1 unspecified atom stereocenters. The van der Waals surface area contributed by atoms with E-state index in [1.807, 2.05) is 17.8 Å². The Labute approximate surface area is 127 Å². The van der Waals surface area contributed by atoms with Crippen LogP contribution in [0.1, 0.15) is 54.5 Å². The van der Waals surface area contributed by atoms with Gasteiger partial charge in [0.05, 0.1) is 6.20 Å². The average molecular weight is 289 g/mol. The summed E-state index contributed by atoms with van der Waals surface area (Å²) in [5.74, 6) is 2.05. The van der Waals surface area contributed by atoms with E-state index >= 15 is 0 Å². The van der Waals surface area contributed by atoms with Crippen LogP contribution in [0.2, 0.25) is 0 Å². The van der Waals surface area contributed by atoms with Crippen LogP contribution in [0.5, 0.6) is 0 Å². The van der Waals surface area contributed by atoms with Gasteiger partial charge < -0.3 is 9.73 Å². The first-order chi connectivity index (χ1) is 10.1. The number of nitrogens with zero attached hydrogens (tertiary/aromatic N) is 2. The first-order valence-electron chi connectivity index (χ1n) is 7.88. The smallest absolute Gasteiger partial charge is 0.106 e. The van der Waals surface area contributed by atoms with Crippen LogP contribution in [0, 0.1) is 20.8 Å². The zero-order chi connectivity index (χ0) is 15.4. The molecule has 0 saturated carbocycles. The summed E-state index contributed by atoms with van der Waals surface area (Å²) in [4.78, 5) is 0. The third-order valence-electron chi connectivity index (χ3n) is 4.06. The van der Waals surface area contributed by atoms with Gasteiger partial charge in [-0.2, -0.15) is 5.10 Å². The van der Waals surface area contributed by atoms with Crippen LogP contribution in [0.4, 0.5) is 0 Å². The minimum absolute atomic E-state index is 0.289. The molecule has 21 heavy (non-hydrogen) atoms. The minimum atomic E-state index is 0.289. The lowest BCUT2D eigenvalue weighted by molar-refractivity contribution is 0.480. The van der Waals surface area contributed by atoms with Crippen molar-refractivity contribution in [3.63, 3.8) is 0 Å². The second-order valence-electron chi connectivity index (χ2n) is 5.67. The minimum Gasteiger partial charge on any atom is -0.466 e. The van der Waals surface area contributed by atoms with E-state index in [1.54, 1.807) is 0 Å². The van der Waals surface area contributed by atoms with Crippen molar-refractivity contribution in [3.05, 3.63) is 40.6 Å². The van der Waals surface area contributed by atoms with Gasteiger partial charge in [0, 0.05) is 24.3 Å². The van der Waals surface area contributed by atoms with Crippen molar-refractivity contribution >= 4 is 0 Å². The molecule has 0 bridgehead atoms. The lowest BCUT2D eigenvalue weighted by Crippen LogP contribution is -2.25. The molecule has 1 atom stereocenters. The molecule has 0 aliphatic heterocycles. The van der Waals surface area contributed by atoms with Gasteiger partial charge >= 0.3 is 0 Å². The van der Waals surface area contributed by atoms with Crippen LogP contribution in [0.25, 0.3) is 0 Å². The highest BCUT2D eigenvalue weighted by atomic mass is 16.3. The molecule has 2 rings (SSSR count). The van der Waals surface area contributed by atoms with E-state index in [0.717, 1.165) is 37.5 Å². The van der Waals surface area contributed by atoms with Gasteiger partial charge in [-0.3, -0.25) is 4.68 Å². The van der Waals surface area contributed by atoms with Gasteiger partial charge in [-0.15, -0.1) is 0 Å². The predicted octanol–water partition coefficient (Wildman–Crippen LogP) is 3.70. The van der Waals surface area contributed by atoms with Crippen molar-refractivity contribution < 1.29 is 4.42 Å². The van der Waals surface area contributed by atoms with E-state index in [4.69, 9.17) is 4.42 Å². The van der Waals surface area contributed by atoms with E-state index in [2.05, 4.69) is 44.3 Å². The van der Waals surface area contributed by atoms with Gasteiger partial charge in [0.2, 0.25) is 0 Å². The van der Waals surface area contributed by atoms with Gasteiger partial charge in [0.1, 0.15) is 11.5 Å². The van der Waals surface area contributed by atoms with Crippen molar-refractivity contribution in [1.82, 2.24) is 15.1 Å². The number of hydrogen-bond acceptors (Lipinski definition) is 3. The molecule has 0 saturated heterocycles. The van der Waals surface area contributed by atoms with E-state index in [9.17, 15) is 0 Å². The van der Waals surface area contributed by atoms with Gasteiger partial charge in [-0.05, 0) is 58.2 Å². The monoisotopic (exact) mass is 289 g/mol. The predicted molar refractivity (Wildman–Crippen MR) is 85.6 cm³/mol. The standard InChI is InChI=1S/C17H27N3O/c1-6-8-18-16(9-15-10-19-20(7-2)11-15)17-12(3)13(4)21-14(17)5/h10-11,16,18H,6-9H2,1-5H3. The van der Waals surface area contributed by atoms with Crippen molar-refractivity contribution in [2.75, 3.05) is 6.54 Å². The summed E-state index contributed by atoms with van der Waals surface area (Å²) >= 11 is 0. The summed E-state index contributed by atoms with van der Waals surface area (Å²) < 4.78 is 7.79. The Morgan fingerprint density at radius 3 is 2.52 bits per heavy atom. The number of furan rings is 1. The van der Waals surface area contributed by atoms with Crippen LogP contribution in [0.3, 0.4) is 0 Å². The topological polar surface area (TPSA) is 43.0 Å². The SMILES string of the molecule is CCCNC(Cc1cnn(CC)c1)c1c(C)oc(C)c1C. The van der Waals surface area contributed by atoms with Crippen LogP contribution in [-0.2, 0) is 13.0 Å². The number of aryl methyl sites for hydroxylation is 3. The summed E-state index contributed by atoms with van der Waals surface area (Å²) in [6.45, 7) is 12.5. The Kier molecular flexibility index (Phi) is 5.23. The molecule has 0 aliphatic carbocycles. The fourth-order valence-electron chi connectivity index (χ4n) is 2.84. The maximum atomic E-state index is 5.81. The van der Waals surface area contributed by atoms with E-state index in [-0.39, 0.29) is 6.04 Å². The fourth-order valence-corrected chi connectivity index (χ4v) is 2.84. The fraction of sp³-hybridized carbons (Fsp3) is 0.588. The van der Waals surface area contributed by atoms with Crippen molar-refractivity contribution in [2.45, 2.75) is 60.0 Å². The van der Waals surface area contributed by atoms with Gasteiger partial charge in [0.25, 0.3) is 0 Å². The molecule has 2 aromatic heterocycles. The third kappa shape index (κ3) is 3.56. The molecule has 2 heterocycles. The molecule has 0 aromatic carbocycles. The van der Waals surface area contributed by atoms with Crippen LogP contribution in [-0.4, -0.2) is 16.3 Å². The highest BCUT2D eigenvalue weighted by Gasteiger charge is 2.21. The first kappa shape index (κ1) is 15.8. The zero-order valence-electron chi connectivity index (χ0n) is 13.9. The molecule has 0 amide bonds. The molecule has 0 radical (unpaired) electrons. The Morgan fingerprint density at radius 2 is 2.00 bits per heavy atom. The van der Waals surface area contributed by atoms with Crippen molar-refractivity contribution in [2.24, 2.45) is 0 Å². The molecule has 0 aliphatic rings. The average Bonchev–Trinajstić information content (AvgIpc) is 3.01. The molecule has 1 N–H and O–H groups in total. The maximum Gasteiger partial charge on any atom is 0.106 e.